The molecule has 2 aromatic carbocycles. The molecule has 0 bridgehead atoms. The molecule has 2 aromatic rings. The quantitative estimate of drug-likeness (QED) is 0.655. The van der Waals surface area contributed by atoms with Crippen LogP contribution >= 0.6 is 0 Å². The van der Waals surface area contributed by atoms with Gasteiger partial charge in [0.15, 0.2) is 0 Å². The smallest absolute Gasteiger partial charge is 0.261 e. The van der Waals surface area contributed by atoms with Crippen LogP contribution in [0.1, 0.15) is 40.5 Å². The Morgan fingerprint density at radius 1 is 0.968 bits per heavy atom. The van der Waals surface area contributed by atoms with Gasteiger partial charge < -0.3 is 9.33 Å². The van der Waals surface area contributed by atoms with Gasteiger partial charge in [0.05, 0.1) is 0 Å². The van der Waals surface area contributed by atoms with Gasteiger partial charge in [0.2, 0.25) is 5.91 Å². The van der Waals surface area contributed by atoms with E-state index in [1.54, 1.807) is 6.08 Å². The molecule has 0 spiro atoms. The average molecular weight is 434 g/mol. The summed E-state index contributed by atoms with van der Waals surface area (Å²) < 4.78 is 7.13. The summed E-state index contributed by atoms with van der Waals surface area (Å²) in [5, 5.41) is 2.60. The van der Waals surface area contributed by atoms with E-state index in [2.05, 4.69) is 99.3 Å². The van der Waals surface area contributed by atoms with E-state index in [1.165, 1.54) is 10.4 Å². The van der Waals surface area contributed by atoms with E-state index in [0.29, 0.717) is 24.5 Å². The monoisotopic (exact) mass is 433 g/mol. The fraction of sp³-hybridized carbons (Fsp3) is 0.444. The van der Waals surface area contributed by atoms with Crippen LogP contribution in [0.25, 0.3) is 0 Å². The fourth-order valence-electron chi connectivity index (χ4n) is 5.47. The third-order valence-electron chi connectivity index (χ3n) is 7.11. The Hall–Kier alpha value is -2.17. The van der Waals surface area contributed by atoms with Crippen LogP contribution < -0.4 is 10.4 Å². The number of nitrogens with zero attached hydrogens (tertiary/aromatic N) is 1. The Bertz CT molecular complexity index is 880. The molecule has 2 heterocycles. The molecule has 31 heavy (non-hydrogen) atoms. The zero-order chi connectivity index (χ0) is 22.1. The van der Waals surface area contributed by atoms with E-state index < -0.39 is 8.32 Å². The number of carbonyl (C=O) groups excluding carboxylic acids is 1. The molecule has 164 valence electrons. The third-order valence-corrected chi connectivity index (χ3v) is 12.1. The lowest BCUT2D eigenvalue weighted by Crippen LogP contribution is -2.67. The highest BCUT2D eigenvalue weighted by Gasteiger charge is 2.50. The predicted octanol–water partition coefficient (Wildman–Crippen LogP) is 4.38. The number of carbonyl (C=O) groups is 1. The molecule has 0 saturated carbocycles. The van der Waals surface area contributed by atoms with Crippen LogP contribution in [0.2, 0.25) is 5.04 Å². The van der Waals surface area contributed by atoms with Gasteiger partial charge in [-0.3, -0.25) is 4.79 Å². The van der Waals surface area contributed by atoms with Crippen LogP contribution in [0.5, 0.6) is 0 Å². The molecule has 4 rings (SSSR count). The minimum atomic E-state index is -2.52. The number of hydrogen-bond acceptors (Lipinski definition) is 2. The maximum absolute atomic E-state index is 12.5. The van der Waals surface area contributed by atoms with Crippen molar-refractivity contribution in [2.45, 2.75) is 51.6 Å². The molecular weight excluding hydrogens is 398 g/mol. The predicted molar refractivity (Wildman–Crippen MR) is 130 cm³/mol. The molecular formula is C27H35NO2Si. The molecule has 1 saturated heterocycles. The molecule has 0 aliphatic carbocycles. The van der Waals surface area contributed by atoms with Crippen molar-refractivity contribution in [2.24, 2.45) is 11.8 Å². The summed E-state index contributed by atoms with van der Waals surface area (Å²) in [4.78, 5) is 14.6. The zero-order valence-corrected chi connectivity index (χ0v) is 20.3. The van der Waals surface area contributed by atoms with Gasteiger partial charge in [0, 0.05) is 19.2 Å². The van der Waals surface area contributed by atoms with E-state index in [9.17, 15) is 4.79 Å². The number of fused-ring (bicyclic) bond motifs is 1. The van der Waals surface area contributed by atoms with Crippen molar-refractivity contribution in [3.63, 3.8) is 0 Å². The van der Waals surface area contributed by atoms with Crippen molar-refractivity contribution in [1.82, 2.24) is 4.90 Å². The maximum atomic E-state index is 12.5. The van der Waals surface area contributed by atoms with E-state index in [1.807, 2.05) is 0 Å². The normalized spacial score (nSPS) is 24.2. The maximum Gasteiger partial charge on any atom is 0.261 e. The number of benzene rings is 2. The Morgan fingerprint density at radius 3 is 2.10 bits per heavy atom. The molecule has 3 nitrogen and oxygen atoms in total. The summed E-state index contributed by atoms with van der Waals surface area (Å²) >= 11 is 0. The van der Waals surface area contributed by atoms with Gasteiger partial charge in [-0.05, 0) is 46.2 Å². The van der Waals surface area contributed by atoms with Crippen molar-refractivity contribution in [3.05, 3.63) is 72.8 Å². The first kappa shape index (κ1) is 22.0. The Morgan fingerprint density at radius 2 is 1.55 bits per heavy atom. The van der Waals surface area contributed by atoms with Gasteiger partial charge in [-0.25, -0.2) is 0 Å². The molecule has 2 aliphatic rings. The first-order valence-electron chi connectivity index (χ1n) is 11.6. The molecule has 0 unspecified atom stereocenters. The Balaban J connectivity index is 1.63. The lowest BCUT2D eigenvalue weighted by atomic mass is 9.84. The average Bonchev–Trinajstić information content (AvgIpc) is 2.77. The van der Waals surface area contributed by atoms with Crippen molar-refractivity contribution in [2.75, 3.05) is 13.2 Å². The highest BCUT2D eigenvalue weighted by atomic mass is 28.4. The number of rotatable bonds is 5. The van der Waals surface area contributed by atoms with Crippen LogP contribution in [-0.4, -0.2) is 38.3 Å². The van der Waals surface area contributed by atoms with Crippen LogP contribution in [0.15, 0.2) is 72.8 Å². The van der Waals surface area contributed by atoms with Crippen molar-refractivity contribution in [1.29, 1.82) is 0 Å². The summed E-state index contributed by atoms with van der Waals surface area (Å²) in [7, 11) is -2.52. The van der Waals surface area contributed by atoms with Gasteiger partial charge in [0.25, 0.3) is 8.32 Å². The van der Waals surface area contributed by atoms with Crippen LogP contribution in [0.4, 0.5) is 0 Å². The van der Waals surface area contributed by atoms with Gasteiger partial charge in [-0.2, -0.15) is 0 Å². The van der Waals surface area contributed by atoms with E-state index in [0.717, 1.165) is 19.4 Å². The van der Waals surface area contributed by atoms with Crippen LogP contribution in [0, 0.1) is 11.8 Å². The summed E-state index contributed by atoms with van der Waals surface area (Å²) in [6.07, 6.45) is 6.01. The lowest BCUT2D eigenvalue weighted by Gasteiger charge is -2.46. The summed E-state index contributed by atoms with van der Waals surface area (Å²) in [6.45, 7) is 10.7. The van der Waals surface area contributed by atoms with E-state index in [-0.39, 0.29) is 10.9 Å². The van der Waals surface area contributed by atoms with Crippen LogP contribution in [0.3, 0.4) is 0 Å². The number of piperidine rings is 1. The molecule has 0 aromatic heterocycles. The SMILES string of the molecule is C[C@@H]1C=CC(=O)N2C[C@@H](CO[Si](c3ccccc3)(c3ccccc3)C(C)(C)C)CC[C@@H]12. The minimum absolute atomic E-state index is 0.0227. The molecule has 3 atom stereocenters. The van der Waals surface area contributed by atoms with Crippen molar-refractivity contribution < 1.29 is 9.22 Å². The number of hydrogen-bond donors (Lipinski definition) is 0. The molecule has 4 heteroatoms. The second-order valence-corrected chi connectivity index (χ2v) is 14.5. The summed E-state index contributed by atoms with van der Waals surface area (Å²) in [6, 6.07) is 22.0. The highest BCUT2D eigenvalue weighted by Crippen LogP contribution is 2.38. The van der Waals surface area contributed by atoms with Crippen molar-refractivity contribution in [3.8, 4) is 0 Å². The molecule has 2 aliphatic heterocycles. The molecule has 0 radical (unpaired) electrons. The number of amides is 1. The molecule has 0 N–H and O–H groups in total. The van der Waals surface area contributed by atoms with Gasteiger partial charge in [0.1, 0.15) is 0 Å². The summed E-state index contributed by atoms with van der Waals surface area (Å²) in [5.41, 5.74) is 0. The summed E-state index contributed by atoms with van der Waals surface area (Å²) in [5.74, 6) is 0.982. The largest absolute Gasteiger partial charge is 0.407 e. The first-order chi connectivity index (χ1) is 14.8. The minimum Gasteiger partial charge on any atom is -0.407 e. The molecule has 1 fully saturated rings. The fourth-order valence-corrected chi connectivity index (χ4v) is 10.1. The molecule has 1 amide bonds. The lowest BCUT2D eigenvalue weighted by molar-refractivity contribution is -0.133. The van der Waals surface area contributed by atoms with Crippen LogP contribution in [-0.2, 0) is 9.22 Å². The Kier molecular flexibility index (Phi) is 6.22. The van der Waals surface area contributed by atoms with Crippen molar-refractivity contribution >= 4 is 24.6 Å². The van der Waals surface area contributed by atoms with Gasteiger partial charge >= 0.3 is 0 Å². The van der Waals surface area contributed by atoms with E-state index >= 15 is 0 Å². The standard InChI is InChI=1S/C27H35NO2Si/c1-21-15-18-26(29)28-19-22(16-17-25(21)28)20-30-31(27(2,3)4,23-11-7-5-8-12-23)24-13-9-6-10-14-24/h5-15,18,21-22,25H,16-17,19-20H2,1-4H3/t21-,22+,25+/m1/s1. The van der Waals surface area contributed by atoms with Gasteiger partial charge in [-0.15, -0.1) is 0 Å². The highest BCUT2D eigenvalue weighted by molar-refractivity contribution is 6.99. The van der Waals surface area contributed by atoms with Gasteiger partial charge in [-0.1, -0.05) is 94.4 Å². The second-order valence-electron chi connectivity index (χ2n) is 10.2. The second kappa shape index (κ2) is 8.76. The topological polar surface area (TPSA) is 29.5 Å². The first-order valence-corrected chi connectivity index (χ1v) is 13.5. The van der Waals surface area contributed by atoms with E-state index in [4.69, 9.17) is 4.43 Å². The Labute approximate surface area is 188 Å². The zero-order valence-electron chi connectivity index (χ0n) is 19.3. The third kappa shape index (κ3) is 4.16.